The highest BCUT2D eigenvalue weighted by Crippen LogP contribution is 2.13. The molecular weight excluding hydrogens is 334 g/mol. The fourth-order valence-electron chi connectivity index (χ4n) is 2.52. The molecule has 0 saturated heterocycles. The minimum absolute atomic E-state index is 0.00595. The first kappa shape index (κ1) is 17.7. The molecule has 0 radical (unpaired) electrons. The van der Waals surface area contributed by atoms with E-state index in [4.69, 9.17) is 4.42 Å². The van der Waals surface area contributed by atoms with Gasteiger partial charge in [0.25, 0.3) is 0 Å². The highest BCUT2D eigenvalue weighted by Gasteiger charge is 2.20. The van der Waals surface area contributed by atoms with Crippen LogP contribution < -0.4 is 0 Å². The molecule has 1 aromatic carbocycles. The topological polar surface area (TPSA) is 103 Å². The van der Waals surface area contributed by atoms with Gasteiger partial charge in [0.1, 0.15) is 6.33 Å². The predicted molar refractivity (Wildman–Crippen MR) is 92.2 cm³/mol. The van der Waals surface area contributed by atoms with Crippen molar-refractivity contribution in [1.82, 2.24) is 35.3 Å². The average molecular weight is 355 g/mol. The molecule has 136 valence electrons. The Hall–Kier alpha value is -3.10. The average Bonchev–Trinajstić information content (AvgIpc) is 3.31. The van der Waals surface area contributed by atoms with Crippen LogP contribution in [-0.4, -0.2) is 47.3 Å². The van der Waals surface area contributed by atoms with Crippen molar-refractivity contribution >= 4 is 5.91 Å². The van der Waals surface area contributed by atoms with Gasteiger partial charge in [-0.2, -0.15) is 0 Å². The summed E-state index contributed by atoms with van der Waals surface area (Å²) in [7, 11) is 0. The van der Waals surface area contributed by atoms with E-state index in [1.54, 1.807) is 9.58 Å². The SMILES string of the molecule is CCc1nnc(CN(C(=O)Cc2ccc(-n3cnnn3)cc2)C(C)C)o1. The molecule has 9 heteroatoms. The zero-order valence-electron chi connectivity index (χ0n) is 15.0. The summed E-state index contributed by atoms with van der Waals surface area (Å²) in [6.45, 7) is 6.19. The standard InChI is InChI=1S/C17H21N7O2/c1-4-15-19-20-16(26-15)10-23(12(2)3)17(25)9-13-5-7-14(8-6-13)24-11-18-21-22-24/h5-8,11-12H,4,9-10H2,1-3H3. The van der Waals surface area contributed by atoms with Gasteiger partial charge < -0.3 is 9.32 Å². The van der Waals surface area contributed by atoms with E-state index in [1.807, 2.05) is 45.0 Å². The molecule has 0 aliphatic carbocycles. The summed E-state index contributed by atoms with van der Waals surface area (Å²) in [6, 6.07) is 7.58. The van der Waals surface area contributed by atoms with Crippen LogP contribution in [0.25, 0.3) is 5.69 Å². The van der Waals surface area contributed by atoms with Crippen molar-refractivity contribution in [1.29, 1.82) is 0 Å². The normalized spacial score (nSPS) is 11.1. The summed E-state index contributed by atoms with van der Waals surface area (Å²) in [4.78, 5) is 14.5. The molecule has 0 aliphatic rings. The van der Waals surface area contributed by atoms with Crippen LogP contribution >= 0.6 is 0 Å². The molecular formula is C17H21N7O2. The molecule has 2 heterocycles. The maximum Gasteiger partial charge on any atom is 0.235 e. The lowest BCUT2D eigenvalue weighted by Gasteiger charge is -2.25. The van der Waals surface area contributed by atoms with Gasteiger partial charge in [-0.15, -0.1) is 15.3 Å². The van der Waals surface area contributed by atoms with Crippen LogP contribution in [0.15, 0.2) is 35.0 Å². The summed E-state index contributed by atoms with van der Waals surface area (Å²) in [5.41, 5.74) is 1.75. The Labute approximate surface area is 151 Å². The van der Waals surface area contributed by atoms with Crippen LogP contribution in [0.3, 0.4) is 0 Å². The van der Waals surface area contributed by atoms with Crippen LogP contribution in [0.1, 0.15) is 38.1 Å². The van der Waals surface area contributed by atoms with Crippen LogP contribution in [0.2, 0.25) is 0 Å². The van der Waals surface area contributed by atoms with Gasteiger partial charge in [-0.05, 0) is 42.0 Å². The highest BCUT2D eigenvalue weighted by molar-refractivity contribution is 5.79. The molecule has 3 rings (SSSR count). The van der Waals surface area contributed by atoms with Gasteiger partial charge in [-0.3, -0.25) is 4.79 Å². The van der Waals surface area contributed by atoms with Gasteiger partial charge in [0.2, 0.25) is 17.7 Å². The molecule has 0 atom stereocenters. The highest BCUT2D eigenvalue weighted by atomic mass is 16.4. The number of benzene rings is 1. The first-order valence-corrected chi connectivity index (χ1v) is 8.50. The number of hydrogen-bond acceptors (Lipinski definition) is 7. The molecule has 0 spiro atoms. The zero-order chi connectivity index (χ0) is 18.5. The number of carbonyl (C=O) groups is 1. The number of nitrogens with zero attached hydrogens (tertiary/aromatic N) is 7. The number of aromatic nitrogens is 6. The van der Waals surface area contributed by atoms with Crippen LogP contribution in [0, 0.1) is 0 Å². The molecule has 3 aromatic rings. The monoisotopic (exact) mass is 355 g/mol. The summed E-state index contributed by atoms with van der Waals surface area (Å²) in [5.74, 6) is 1.04. The fourth-order valence-corrected chi connectivity index (χ4v) is 2.52. The first-order valence-electron chi connectivity index (χ1n) is 8.50. The Kier molecular flexibility index (Phi) is 5.35. The Bertz CT molecular complexity index is 840. The number of aryl methyl sites for hydroxylation is 1. The maximum atomic E-state index is 12.7. The van der Waals surface area contributed by atoms with E-state index < -0.39 is 0 Å². The minimum Gasteiger partial charge on any atom is -0.423 e. The quantitative estimate of drug-likeness (QED) is 0.634. The Morgan fingerprint density at radius 2 is 1.92 bits per heavy atom. The van der Waals surface area contributed by atoms with Crippen LogP contribution in [-0.2, 0) is 24.2 Å². The predicted octanol–water partition coefficient (Wildman–Crippen LogP) is 1.59. The molecule has 0 bridgehead atoms. The zero-order valence-corrected chi connectivity index (χ0v) is 15.0. The van der Waals surface area contributed by atoms with Gasteiger partial charge in [0, 0.05) is 12.5 Å². The van der Waals surface area contributed by atoms with Gasteiger partial charge in [-0.1, -0.05) is 19.1 Å². The van der Waals surface area contributed by atoms with Crippen LogP contribution in [0.4, 0.5) is 0 Å². The smallest absolute Gasteiger partial charge is 0.235 e. The second kappa shape index (κ2) is 7.85. The first-order chi connectivity index (χ1) is 12.6. The van der Waals surface area contributed by atoms with Crippen molar-refractivity contribution in [2.45, 2.75) is 46.2 Å². The third-order valence-electron chi connectivity index (χ3n) is 3.97. The largest absolute Gasteiger partial charge is 0.423 e. The van der Waals surface area contributed by atoms with Crippen molar-refractivity contribution in [2.75, 3.05) is 0 Å². The lowest BCUT2D eigenvalue weighted by atomic mass is 10.1. The van der Waals surface area contributed by atoms with E-state index in [9.17, 15) is 4.79 Å². The summed E-state index contributed by atoms with van der Waals surface area (Å²) >= 11 is 0. The summed E-state index contributed by atoms with van der Waals surface area (Å²) in [5, 5.41) is 19.0. The van der Waals surface area contributed by atoms with E-state index in [1.165, 1.54) is 6.33 Å². The Morgan fingerprint density at radius 1 is 1.19 bits per heavy atom. The second-order valence-electron chi connectivity index (χ2n) is 6.16. The van der Waals surface area contributed by atoms with Crippen molar-refractivity contribution in [2.24, 2.45) is 0 Å². The van der Waals surface area contributed by atoms with Gasteiger partial charge >= 0.3 is 0 Å². The molecule has 9 nitrogen and oxygen atoms in total. The van der Waals surface area contributed by atoms with Gasteiger partial charge in [0.15, 0.2) is 0 Å². The van der Waals surface area contributed by atoms with E-state index in [0.29, 0.717) is 31.2 Å². The molecule has 0 saturated carbocycles. The molecule has 1 amide bonds. The fraction of sp³-hybridized carbons (Fsp3) is 0.412. The molecule has 0 N–H and O–H groups in total. The third kappa shape index (κ3) is 4.11. The maximum absolute atomic E-state index is 12.7. The lowest BCUT2D eigenvalue weighted by Crippen LogP contribution is -2.37. The molecule has 0 aliphatic heterocycles. The van der Waals surface area contributed by atoms with E-state index in [0.717, 1.165) is 11.3 Å². The number of carbonyl (C=O) groups excluding carboxylic acids is 1. The lowest BCUT2D eigenvalue weighted by molar-refractivity contribution is -0.133. The van der Waals surface area contributed by atoms with E-state index in [-0.39, 0.29) is 11.9 Å². The van der Waals surface area contributed by atoms with Gasteiger partial charge in [0.05, 0.1) is 18.7 Å². The van der Waals surface area contributed by atoms with E-state index >= 15 is 0 Å². The van der Waals surface area contributed by atoms with Crippen molar-refractivity contribution in [3.63, 3.8) is 0 Å². The van der Waals surface area contributed by atoms with Gasteiger partial charge in [-0.25, -0.2) is 4.68 Å². The summed E-state index contributed by atoms with van der Waals surface area (Å²) in [6.07, 6.45) is 2.49. The number of rotatable bonds is 7. The second-order valence-corrected chi connectivity index (χ2v) is 6.16. The van der Waals surface area contributed by atoms with Crippen molar-refractivity contribution in [3.8, 4) is 5.69 Å². The molecule has 0 fully saturated rings. The third-order valence-corrected chi connectivity index (χ3v) is 3.97. The number of tetrazole rings is 1. The van der Waals surface area contributed by atoms with Crippen molar-refractivity contribution < 1.29 is 9.21 Å². The van der Waals surface area contributed by atoms with E-state index in [2.05, 4.69) is 25.7 Å². The van der Waals surface area contributed by atoms with Crippen LogP contribution in [0.5, 0.6) is 0 Å². The number of amides is 1. The minimum atomic E-state index is 0.00595. The molecule has 0 unspecified atom stereocenters. The molecule has 26 heavy (non-hydrogen) atoms. The Morgan fingerprint density at radius 3 is 2.50 bits per heavy atom. The summed E-state index contributed by atoms with van der Waals surface area (Å²) < 4.78 is 7.10. The molecule has 2 aromatic heterocycles. The Balaban J connectivity index is 1.67. The van der Waals surface area contributed by atoms with Crippen molar-refractivity contribution in [3.05, 3.63) is 47.9 Å². The number of hydrogen-bond donors (Lipinski definition) is 0.